The molecular weight excluding hydrogens is 426 g/mol. The first kappa shape index (κ1) is 21.6. The lowest BCUT2D eigenvalue weighted by Gasteiger charge is -2.11. The predicted octanol–water partition coefficient (Wildman–Crippen LogP) is 5.91. The normalized spacial score (nSPS) is 13.4. The molecule has 3 aromatic carbocycles. The van der Waals surface area contributed by atoms with Crippen molar-refractivity contribution >= 4 is 23.0 Å². The fourth-order valence-electron chi connectivity index (χ4n) is 3.95. The SMILES string of the molecule is CC[C@@H](C)c1ccc(-c2cc(C(=O)N/N=C\c3ccc4c(c3)OCO4)c3ccccc3n2)cc1. The van der Waals surface area contributed by atoms with Crippen LogP contribution >= 0.6 is 0 Å². The smallest absolute Gasteiger partial charge is 0.272 e. The zero-order valence-electron chi connectivity index (χ0n) is 19.1. The molecule has 1 atom stereocenters. The number of carbonyl (C=O) groups excluding carboxylic acids is 1. The number of para-hydroxylation sites is 1. The molecule has 1 aromatic heterocycles. The molecule has 0 aliphatic carbocycles. The van der Waals surface area contributed by atoms with Gasteiger partial charge in [0.05, 0.1) is 23.0 Å². The van der Waals surface area contributed by atoms with E-state index in [1.165, 1.54) is 5.56 Å². The fraction of sp³-hybridized carbons (Fsp3) is 0.179. The summed E-state index contributed by atoms with van der Waals surface area (Å²) in [4.78, 5) is 17.9. The molecule has 170 valence electrons. The molecule has 6 heteroatoms. The molecular formula is C28H25N3O3. The number of hydrazone groups is 1. The van der Waals surface area contributed by atoms with Crippen LogP contribution in [0.4, 0.5) is 0 Å². The third-order valence-electron chi connectivity index (χ3n) is 6.13. The lowest BCUT2D eigenvalue weighted by atomic mass is 9.96. The number of carbonyl (C=O) groups is 1. The molecule has 2 heterocycles. The van der Waals surface area contributed by atoms with Gasteiger partial charge in [0.2, 0.25) is 6.79 Å². The van der Waals surface area contributed by atoms with Crippen molar-refractivity contribution in [3.05, 3.63) is 89.5 Å². The van der Waals surface area contributed by atoms with Gasteiger partial charge in [-0.1, -0.05) is 56.3 Å². The number of nitrogens with one attached hydrogen (secondary N) is 1. The summed E-state index contributed by atoms with van der Waals surface area (Å²) in [6, 6.07) is 23.4. The number of pyridine rings is 1. The number of benzene rings is 3. The molecule has 1 N–H and O–H groups in total. The van der Waals surface area contributed by atoms with Crippen LogP contribution in [0.15, 0.2) is 77.9 Å². The van der Waals surface area contributed by atoms with Crippen molar-refractivity contribution in [1.29, 1.82) is 0 Å². The van der Waals surface area contributed by atoms with Crippen molar-refractivity contribution in [1.82, 2.24) is 10.4 Å². The highest BCUT2D eigenvalue weighted by Gasteiger charge is 2.15. The first-order chi connectivity index (χ1) is 16.6. The molecule has 1 amide bonds. The van der Waals surface area contributed by atoms with Crippen molar-refractivity contribution < 1.29 is 14.3 Å². The van der Waals surface area contributed by atoms with E-state index < -0.39 is 0 Å². The average Bonchev–Trinajstić information content (AvgIpc) is 3.35. The summed E-state index contributed by atoms with van der Waals surface area (Å²) in [6.07, 6.45) is 2.67. The van der Waals surface area contributed by atoms with Gasteiger partial charge in [0.25, 0.3) is 5.91 Å². The van der Waals surface area contributed by atoms with Gasteiger partial charge in [0.1, 0.15) is 0 Å². The monoisotopic (exact) mass is 451 g/mol. The predicted molar refractivity (Wildman–Crippen MR) is 134 cm³/mol. The second-order valence-electron chi connectivity index (χ2n) is 8.32. The van der Waals surface area contributed by atoms with Gasteiger partial charge in [0, 0.05) is 10.9 Å². The third kappa shape index (κ3) is 4.35. The summed E-state index contributed by atoms with van der Waals surface area (Å²) in [5.74, 6) is 1.57. The summed E-state index contributed by atoms with van der Waals surface area (Å²) < 4.78 is 10.7. The lowest BCUT2D eigenvalue weighted by Crippen LogP contribution is -2.18. The van der Waals surface area contributed by atoms with Crippen LogP contribution in [0.25, 0.3) is 22.2 Å². The number of nitrogens with zero attached hydrogens (tertiary/aromatic N) is 2. The molecule has 1 aliphatic heterocycles. The molecule has 4 aromatic rings. The Morgan fingerprint density at radius 1 is 1.06 bits per heavy atom. The molecule has 0 saturated carbocycles. The Bertz CT molecular complexity index is 1380. The summed E-state index contributed by atoms with van der Waals surface area (Å²) in [5.41, 5.74) is 7.74. The van der Waals surface area contributed by atoms with Gasteiger partial charge in [-0.15, -0.1) is 0 Å². The van der Waals surface area contributed by atoms with E-state index in [0.29, 0.717) is 23.0 Å². The van der Waals surface area contributed by atoms with Gasteiger partial charge < -0.3 is 9.47 Å². The third-order valence-corrected chi connectivity index (χ3v) is 6.13. The van der Waals surface area contributed by atoms with Crippen molar-refractivity contribution in [3.8, 4) is 22.8 Å². The van der Waals surface area contributed by atoms with Crippen molar-refractivity contribution in [2.24, 2.45) is 5.10 Å². The van der Waals surface area contributed by atoms with Gasteiger partial charge in [0.15, 0.2) is 11.5 Å². The highest BCUT2D eigenvalue weighted by molar-refractivity contribution is 6.07. The van der Waals surface area contributed by atoms with Gasteiger partial charge in [-0.2, -0.15) is 5.10 Å². The highest BCUT2D eigenvalue weighted by Crippen LogP contribution is 2.32. The largest absolute Gasteiger partial charge is 0.454 e. The van der Waals surface area contributed by atoms with E-state index in [2.05, 4.69) is 48.6 Å². The number of hydrogen-bond donors (Lipinski definition) is 1. The van der Waals surface area contributed by atoms with Crippen LogP contribution < -0.4 is 14.9 Å². The standard InChI is InChI=1S/C28H25N3O3/c1-3-18(2)20-9-11-21(12-10-20)25-15-23(22-6-4-5-7-24(22)30-25)28(32)31-29-16-19-8-13-26-27(14-19)34-17-33-26/h4-16,18H,3,17H2,1-2H3,(H,31,32)/b29-16-/t18-/m1/s1. The van der Waals surface area contributed by atoms with Gasteiger partial charge >= 0.3 is 0 Å². The second-order valence-corrected chi connectivity index (χ2v) is 8.32. The summed E-state index contributed by atoms with van der Waals surface area (Å²) in [6.45, 7) is 4.61. The topological polar surface area (TPSA) is 72.8 Å². The van der Waals surface area contributed by atoms with E-state index in [1.54, 1.807) is 6.21 Å². The lowest BCUT2D eigenvalue weighted by molar-refractivity contribution is 0.0956. The highest BCUT2D eigenvalue weighted by atomic mass is 16.7. The molecule has 0 radical (unpaired) electrons. The molecule has 34 heavy (non-hydrogen) atoms. The van der Waals surface area contributed by atoms with Crippen LogP contribution in [0.3, 0.4) is 0 Å². The van der Waals surface area contributed by atoms with E-state index in [4.69, 9.17) is 14.5 Å². The van der Waals surface area contributed by atoms with E-state index in [9.17, 15) is 4.79 Å². The number of hydrogen-bond acceptors (Lipinski definition) is 5. The van der Waals surface area contributed by atoms with Gasteiger partial charge in [-0.05, 0) is 53.8 Å². The molecule has 0 spiro atoms. The van der Waals surface area contributed by atoms with Crippen LogP contribution in [0.2, 0.25) is 0 Å². The maximum Gasteiger partial charge on any atom is 0.272 e. The number of fused-ring (bicyclic) bond motifs is 2. The first-order valence-electron chi connectivity index (χ1n) is 11.4. The Kier molecular flexibility index (Phi) is 5.95. The van der Waals surface area contributed by atoms with E-state index >= 15 is 0 Å². The van der Waals surface area contributed by atoms with Crippen LogP contribution in [0.1, 0.15) is 47.7 Å². The molecule has 5 rings (SSSR count). The maximum atomic E-state index is 13.1. The van der Waals surface area contributed by atoms with E-state index in [-0.39, 0.29) is 12.7 Å². The molecule has 0 saturated heterocycles. The molecule has 1 aliphatic rings. The van der Waals surface area contributed by atoms with Gasteiger partial charge in [-0.25, -0.2) is 10.4 Å². The van der Waals surface area contributed by atoms with E-state index in [1.807, 2.05) is 48.5 Å². The number of rotatable bonds is 6. The van der Waals surface area contributed by atoms with Gasteiger partial charge in [-0.3, -0.25) is 4.79 Å². The Labute approximate surface area is 198 Å². The summed E-state index contributed by atoms with van der Waals surface area (Å²) >= 11 is 0. The Balaban J connectivity index is 1.42. The zero-order valence-corrected chi connectivity index (χ0v) is 19.1. The number of ether oxygens (including phenoxy) is 2. The Morgan fingerprint density at radius 3 is 2.68 bits per heavy atom. The minimum Gasteiger partial charge on any atom is -0.454 e. The summed E-state index contributed by atoms with van der Waals surface area (Å²) in [5, 5.41) is 4.93. The molecule has 0 unspecified atom stereocenters. The average molecular weight is 452 g/mol. The minimum absolute atomic E-state index is 0.213. The maximum absolute atomic E-state index is 13.1. The van der Waals surface area contributed by atoms with Crippen LogP contribution in [-0.4, -0.2) is 23.9 Å². The van der Waals surface area contributed by atoms with E-state index in [0.717, 1.165) is 34.1 Å². The Hall–Kier alpha value is -4.19. The molecule has 0 bridgehead atoms. The first-order valence-corrected chi connectivity index (χ1v) is 11.4. The quantitative estimate of drug-likeness (QED) is 0.292. The Morgan fingerprint density at radius 2 is 1.85 bits per heavy atom. The number of aromatic nitrogens is 1. The zero-order chi connectivity index (χ0) is 23.5. The van der Waals surface area contributed by atoms with Crippen molar-refractivity contribution in [2.45, 2.75) is 26.2 Å². The minimum atomic E-state index is -0.298. The molecule has 6 nitrogen and oxygen atoms in total. The van der Waals surface area contributed by atoms with Crippen molar-refractivity contribution in [3.63, 3.8) is 0 Å². The van der Waals surface area contributed by atoms with Crippen LogP contribution in [-0.2, 0) is 0 Å². The fourth-order valence-corrected chi connectivity index (χ4v) is 3.95. The van der Waals surface area contributed by atoms with Crippen LogP contribution in [0, 0.1) is 0 Å². The summed E-state index contributed by atoms with van der Waals surface area (Å²) in [7, 11) is 0. The number of amides is 1. The molecule has 0 fully saturated rings. The van der Waals surface area contributed by atoms with Crippen LogP contribution in [0.5, 0.6) is 11.5 Å². The second kappa shape index (κ2) is 9.35. The van der Waals surface area contributed by atoms with Crippen molar-refractivity contribution in [2.75, 3.05) is 6.79 Å².